The van der Waals surface area contributed by atoms with E-state index >= 15 is 0 Å². The smallest absolute Gasteiger partial charge is 0.338 e. The average Bonchev–Trinajstić information content (AvgIpc) is 3.12. The summed E-state index contributed by atoms with van der Waals surface area (Å²) in [6.45, 7) is 4.62. The summed E-state index contributed by atoms with van der Waals surface area (Å²) in [4.78, 5) is 25.1. The second-order valence-electron chi connectivity index (χ2n) is 7.63. The molecule has 0 aliphatic carbocycles. The van der Waals surface area contributed by atoms with Crippen LogP contribution in [-0.2, 0) is 14.8 Å². The number of sulfonamides is 1. The Bertz CT molecular complexity index is 1380. The molecule has 0 saturated carbocycles. The summed E-state index contributed by atoms with van der Waals surface area (Å²) in [7, 11) is -1.35. The number of benzene rings is 2. The number of rotatable bonds is 8. The monoisotopic (exact) mass is 488 g/mol. The molecular weight excluding hydrogens is 463 g/mol. The molecule has 0 atom stereocenters. The molecule has 180 valence electrons. The quantitative estimate of drug-likeness (QED) is 0.385. The summed E-state index contributed by atoms with van der Waals surface area (Å²) in [6.07, 6.45) is 0. The van der Waals surface area contributed by atoms with E-state index in [9.17, 15) is 22.4 Å². The average molecular weight is 489 g/mol. The third kappa shape index (κ3) is 4.87. The molecule has 1 aromatic heterocycles. The zero-order chi connectivity index (χ0) is 25.2. The Morgan fingerprint density at radius 2 is 1.76 bits per heavy atom. The van der Waals surface area contributed by atoms with Gasteiger partial charge in [-0.2, -0.15) is 0 Å². The number of nitrogens with zero attached hydrogens (tertiary/aromatic N) is 1. The van der Waals surface area contributed by atoms with E-state index in [1.54, 1.807) is 43.5 Å². The Morgan fingerprint density at radius 3 is 2.38 bits per heavy atom. The van der Waals surface area contributed by atoms with Crippen molar-refractivity contribution in [3.8, 4) is 11.4 Å². The lowest BCUT2D eigenvalue weighted by Gasteiger charge is -2.11. The van der Waals surface area contributed by atoms with Crippen molar-refractivity contribution in [1.82, 2.24) is 9.29 Å². The first-order chi connectivity index (χ1) is 16.0. The molecule has 0 spiro atoms. The lowest BCUT2D eigenvalue weighted by atomic mass is 10.1. The molecule has 34 heavy (non-hydrogen) atoms. The van der Waals surface area contributed by atoms with E-state index in [1.165, 1.54) is 32.4 Å². The molecular formula is C24H25FN2O6S. The maximum absolute atomic E-state index is 14.0. The lowest BCUT2D eigenvalue weighted by molar-refractivity contribution is 0.0474. The number of aromatic nitrogens is 1. The van der Waals surface area contributed by atoms with Crippen molar-refractivity contribution in [2.24, 2.45) is 0 Å². The van der Waals surface area contributed by atoms with Crippen molar-refractivity contribution in [2.75, 3.05) is 20.8 Å². The maximum atomic E-state index is 14.0. The van der Waals surface area contributed by atoms with Crippen LogP contribution in [0.25, 0.3) is 5.69 Å². The Balaban J connectivity index is 1.81. The molecule has 0 aliphatic heterocycles. The topological polar surface area (TPSA) is 104 Å². The largest absolute Gasteiger partial charge is 0.495 e. The number of esters is 1. The second kappa shape index (κ2) is 9.78. The summed E-state index contributed by atoms with van der Waals surface area (Å²) in [5.74, 6) is -1.61. The van der Waals surface area contributed by atoms with E-state index in [2.05, 4.69) is 4.72 Å². The fourth-order valence-corrected chi connectivity index (χ4v) is 4.50. The van der Waals surface area contributed by atoms with Crippen molar-refractivity contribution in [3.63, 3.8) is 0 Å². The molecule has 10 heteroatoms. The van der Waals surface area contributed by atoms with E-state index in [0.717, 1.165) is 6.07 Å². The number of aryl methyl sites for hydroxylation is 2. The van der Waals surface area contributed by atoms with Gasteiger partial charge in [-0.25, -0.2) is 22.3 Å². The van der Waals surface area contributed by atoms with Crippen LogP contribution in [0.5, 0.6) is 5.75 Å². The highest BCUT2D eigenvalue weighted by molar-refractivity contribution is 7.89. The van der Waals surface area contributed by atoms with Gasteiger partial charge >= 0.3 is 5.97 Å². The van der Waals surface area contributed by atoms with Gasteiger partial charge in [0.1, 0.15) is 16.5 Å². The Labute approximate surface area is 197 Å². The first-order valence-corrected chi connectivity index (χ1v) is 11.8. The predicted octanol–water partition coefficient (Wildman–Crippen LogP) is 3.50. The minimum absolute atomic E-state index is 0.0528. The summed E-state index contributed by atoms with van der Waals surface area (Å²) in [5.41, 5.74) is 2.66. The van der Waals surface area contributed by atoms with E-state index in [1.807, 2.05) is 0 Å². The second-order valence-corrected chi connectivity index (χ2v) is 9.48. The maximum Gasteiger partial charge on any atom is 0.338 e. The third-order valence-electron chi connectivity index (χ3n) is 5.44. The van der Waals surface area contributed by atoms with Crippen molar-refractivity contribution in [2.45, 2.75) is 25.7 Å². The highest BCUT2D eigenvalue weighted by Crippen LogP contribution is 2.26. The van der Waals surface area contributed by atoms with Gasteiger partial charge in [-0.1, -0.05) is 6.07 Å². The summed E-state index contributed by atoms with van der Waals surface area (Å²) in [5, 5.41) is 0. The molecule has 3 aromatic rings. The zero-order valence-electron chi connectivity index (χ0n) is 19.4. The molecule has 0 unspecified atom stereocenters. The summed E-state index contributed by atoms with van der Waals surface area (Å²) in [6, 6.07) is 10.3. The van der Waals surface area contributed by atoms with Gasteiger partial charge in [-0.3, -0.25) is 4.79 Å². The van der Waals surface area contributed by atoms with Crippen LogP contribution in [-0.4, -0.2) is 45.5 Å². The standard InChI is InChI=1S/C24H25FN2O6S/c1-14-6-8-18(12-20(14)25)27-15(2)10-19(16(27)3)21(28)13-33-24(29)17-7-9-22(32-5)23(11-17)34(30,31)26-4/h6-12,26H,13H2,1-5H3. The summed E-state index contributed by atoms with van der Waals surface area (Å²) < 4.78 is 52.6. The van der Waals surface area contributed by atoms with Gasteiger partial charge in [0.25, 0.3) is 0 Å². The van der Waals surface area contributed by atoms with Crippen molar-refractivity contribution in [3.05, 3.63) is 76.4 Å². The molecule has 0 saturated heterocycles. The molecule has 0 amide bonds. The van der Waals surface area contributed by atoms with E-state index in [0.29, 0.717) is 28.2 Å². The van der Waals surface area contributed by atoms with Crippen LogP contribution in [0.15, 0.2) is 47.4 Å². The number of hydrogen-bond donors (Lipinski definition) is 1. The normalized spacial score (nSPS) is 11.4. The summed E-state index contributed by atoms with van der Waals surface area (Å²) >= 11 is 0. The van der Waals surface area contributed by atoms with Crippen LogP contribution in [0.1, 0.15) is 37.7 Å². The molecule has 1 N–H and O–H groups in total. The number of methoxy groups -OCH3 is 1. The Morgan fingerprint density at radius 1 is 1.06 bits per heavy atom. The molecule has 0 radical (unpaired) electrons. The number of hydrogen-bond acceptors (Lipinski definition) is 6. The van der Waals surface area contributed by atoms with Crippen LogP contribution in [0.3, 0.4) is 0 Å². The molecule has 0 bridgehead atoms. The number of ether oxygens (including phenoxy) is 2. The number of nitrogens with one attached hydrogen (secondary N) is 1. The van der Waals surface area contributed by atoms with Crippen molar-refractivity contribution >= 4 is 21.8 Å². The van der Waals surface area contributed by atoms with E-state index in [4.69, 9.17) is 9.47 Å². The fourth-order valence-electron chi connectivity index (χ4n) is 3.58. The number of halogens is 1. The zero-order valence-corrected chi connectivity index (χ0v) is 20.2. The number of carbonyl (C=O) groups excluding carboxylic acids is 2. The lowest BCUT2D eigenvalue weighted by Crippen LogP contribution is -2.20. The SMILES string of the molecule is CNS(=O)(=O)c1cc(C(=O)OCC(=O)c2cc(C)n(-c3ccc(C)c(F)c3)c2C)ccc1OC. The first kappa shape index (κ1) is 25.1. The van der Waals surface area contributed by atoms with Crippen molar-refractivity contribution < 1.29 is 31.9 Å². The van der Waals surface area contributed by atoms with Crippen LogP contribution in [0.4, 0.5) is 4.39 Å². The Hall–Kier alpha value is -3.50. The van der Waals surface area contributed by atoms with Gasteiger partial charge in [0, 0.05) is 22.6 Å². The number of Topliss-reactive ketones (excluding diaryl/α,β-unsaturated/α-hetero) is 1. The van der Waals surface area contributed by atoms with Crippen molar-refractivity contribution in [1.29, 1.82) is 0 Å². The molecule has 2 aromatic carbocycles. The van der Waals surface area contributed by atoms with Crippen LogP contribution >= 0.6 is 0 Å². The first-order valence-electron chi connectivity index (χ1n) is 10.3. The minimum Gasteiger partial charge on any atom is -0.495 e. The minimum atomic E-state index is -3.89. The predicted molar refractivity (Wildman–Crippen MR) is 124 cm³/mol. The highest BCUT2D eigenvalue weighted by Gasteiger charge is 2.22. The van der Waals surface area contributed by atoms with Gasteiger partial charge in [0.2, 0.25) is 15.8 Å². The van der Waals surface area contributed by atoms with E-state index in [-0.39, 0.29) is 22.0 Å². The molecule has 8 nitrogen and oxygen atoms in total. The molecule has 0 fully saturated rings. The van der Waals surface area contributed by atoms with Crippen LogP contribution in [0, 0.1) is 26.6 Å². The van der Waals surface area contributed by atoms with Gasteiger partial charge < -0.3 is 14.0 Å². The highest BCUT2D eigenvalue weighted by atomic mass is 32.2. The van der Waals surface area contributed by atoms with Crippen LogP contribution < -0.4 is 9.46 Å². The van der Waals surface area contributed by atoms with Gasteiger partial charge in [-0.15, -0.1) is 0 Å². The van der Waals surface area contributed by atoms with Crippen LogP contribution in [0.2, 0.25) is 0 Å². The van der Waals surface area contributed by atoms with Gasteiger partial charge in [0.05, 0.1) is 12.7 Å². The molecule has 0 aliphatic rings. The number of ketones is 1. The molecule has 1 heterocycles. The Kier molecular flexibility index (Phi) is 7.23. The number of carbonyl (C=O) groups is 2. The van der Waals surface area contributed by atoms with Gasteiger partial charge in [-0.05, 0) is 69.8 Å². The third-order valence-corrected chi connectivity index (χ3v) is 6.87. The fraction of sp³-hybridized carbons (Fsp3) is 0.250. The van der Waals surface area contributed by atoms with Gasteiger partial charge in [0.15, 0.2) is 6.61 Å². The molecule has 3 rings (SSSR count). The van der Waals surface area contributed by atoms with E-state index < -0.39 is 28.4 Å².